The summed E-state index contributed by atoms with van der Waals surface area (Å²) >= 11 is 0. The van der Waals surface area contributed by atoms with Crippen molar-refractivity contribution in [3.63, 3.8) is 0 Å². The number of likely N-dealkylation sites (N-methyl/N-ethyl adjacent to an activating group) is 1. The Morgan fingerprint density at radius 2 is 2.12 bits per heavy atom. The van der Waals surface area contributed by atoms with Gasteiger partial charge in [-0.05, 0) is 34.0 Å². The van der Waals surface area contributed by atoms with Crippen molar-refractivity contribution in [1.82, 2.24) is 4.90 Å². The van der Waals surface area contributed by atoms with E-state index in [1.807, 2.05) is 20.2 Å². The molecule has 0 saturated carbocycles. The van der Waals surface area contributed by atoms with E-state index in [-0.39, 0.29) is 16.7 Å². The quantitative estimate of drug-likeness (QED) is 0.630. The molecule has 0 aliphatic heterocycles. The minimum Gasteiger partial charge on any atom is -0.381 e. The minimum atomic E-state index is -0.350. The number of anilines is 1. The van der Waals surface area contributed by atoms with Crippen LogP contribution >= 0.6 is 0 Å². The van der Waals surface area contributed by atoms with Crippen molar-refractivity contribution in [2.75, 3.05) is 26.0 Å². The van der Waals surface area contributed by atoms with Crippen LogP contribution in [0.1, 0.15) is 12.5 Å². The van der Waals surface area contributed by atoms with Gasteiger partial charge in [0.25, 0.3) is 5.69 Å². The van der Waals surface area contributed by atoms with Gasteiger partial charge in [-0.2, -0.15) is 0 Å². The third-order valence-electron chi connectivity index (χ3n) is 2.54. The Bertz CT molecular complexity index is 405. The molecular formula is C12H19N3O2. The van der Waals surface area contributed by atoms with Gasteiger partial charge in [0.05, 0.1) is 4.92 Å². The van der Waals surface area contributed by atoms with Crippen LogP contribution in [0.15, 0.2) is 18.2 Å². The lowest BCUT2D eigenvalue weighted by Crippen LogP contribution is -2.29. The van der Waals surface area contributed by atoms with E-state index in [0.29, 0.717) is 5.56 Å². The molecule has 0 aliphatic rings. The summed E-state index contributed by atoms with van der Waals surface area (Å²) in [7, 11) is 4.00. The molecule has 0 spiro atoms. The van der Waals surface area contributed by atoms with Crippen LogP contribution in [0.3, 0.4) is 0 Å². The van der Waals surface area contributed by atoms with E-state index < -0.39 is 0 Å². The number of nitrogens with one attached hydrogen (secondary N) is 1. The van der Waals surface area contributed by atoms with Crippen LogP contribution in [0, 0.1) is 17.0 Å². The molecular weight excluding hydrogens is 218 g/mol. The molecule has 0 fully saturated rings. The molecule has 0 bridgehead atoms. The molecule has 1 aromatic carbocycles. The summed E-state index contributed by atoms with van der Waals surface area (Å²) in [4.78, 5) is 12.5. The van der Waals surface area contributed by atoms with Crippen LogP contribution in [0.4, 0.5) is 11.4 Å². The molecule has 1 rings (SSSR count). The second-order valence-electron chi connectivity index (χ2n) is 4.51. The fourth-order valence-corrected chi connectivity index (χ4v) is 1.84. The molecule has 5 heteroatoms. The van der Waals surface area contributed by atoms with Crippen LogP contribution < -0.4 is 5.32 Å². The predicted octanol–water partition coefficient (Wildman–Crippen LogP) is 2.27. The zero-order chi connectivity index (χ0) is 13.0. The fourth-order valence-electron chi connectivity index (χ4n) is 1.84. The third-order valence-corrected chi connectivity index (χ3v) is 2.54. The summed E-state index contributed by atoms with van der Waals surface area (Å²) in [5, 5.41) is 14.1. The van der Waals surface area contributed by atoms with Crippen LogP contribution in [0.5, 0.6) is 0 Å². The third kappa shape index (κ3) is 3.71. The van der Waals surface area contributed by atoms with Gasteiger partial charge in [-0.3, -0.25) is 10.1 Å². The molecule has 5 nitrogen and oxygen atoms in total. The first-order chi connectivity index (χ1) is 7.91. The minimum absolute atomic E-state index is 0.159. The van der Waals surface area contributed by atoms with Gasteiger partial charge in [-0.1, -0.05) is 6.07 Å². The van der Waals surface area contributed by atoms with Gasteiger partial charge in [0.2, 0.25) is 0 Å². The summed E-state index contributed by atoms with van der Waals surface area (Å²) < 4.78 is 0. The Balaban J connectivity index is 2.85. The summed E-state index contributed by atoms with van der Waals surface area (Å²) in [5.74, 6) is 0. The highest BCUT2D eigenvalue weighted by atomic mass is 16.6. The molecule has 0 saturated heterocycles. The van der Waals surface area contributed by atoms with Crippen LogP contribution in [-0.4, -0.2) is 36.5 Å². The molecule has 1 atom stereocenters. The van der Waals surface area contributed by atoms with Crippen LogP contribution in [-0.2, 0) is 0 Å². The molecule has 1 unspecified atom stereocenters. The van der Waals surface area contributed by atoms with E-state index >= 15 is 0 Å². The summed E-state index contributed by atoms with van der Waals surface area (Å²) in [6, 6.07) is 5.34. The van der Waals surface area contributed by atoms with E-state index in [9.17, 15) is 10.1 Å². The molecule has 0 aromatic heterocycles. The molecule has 1 aromatic rings. The second-order valence-corrected chi connectivity index (χ2v) is 4.51. The van der Waals surface area contributed by atoms with Gasteiger partial charge in [0.1, 0.15) is 0 Å². The molecule has 0 amide bonds. The number of hydrogen-bond donors (Lipinski definition) is 1. The summed E-state index contributed by atoms with van der Waals surface area (Å²) in [6.45, 7) is 4.70. The topological polar surface area (TPSA) is 58.4 Å². The standard InChI is InChI=1S/C12H19N3O2/c1-9(8-14(3)4)13-11-6-5-7-12(10(11)2)15(16)17/h5-7,9,13H,8H2,1-4H3. The van der Waals surface area contributed by atoms with Crippen molar-refractivity contribution in [2.24, 2.45) is 0 Å². The summed E-state index contributed by atoms with van der Waals surface area (Å²) in [5.41, 5.74) is 1.67. The van der Waals surface area contributed by atoms with Crippen molar-refractivity contribution < 1.29 is 4.92 Å². The van der Waals surface area contributed by atoms with E-state index in [0.717, 1.165) is 12.2 Å². The van der Waals surface area contributed by atoms with E-state index in [1.54, 1.807) is 13.0 Å². The van der Waals surface area contributed by atoms with Gasteiger partial charge in [-0.15, -0.1) is 0 Å². The molecule has 0 heterocycles. The molecule has 1 N–H and O–H groups in total. The number of benzene rings is 1. The highest BCUT2D eigenvalue weighted by Crippen LogP contribution is 2.25. The lowest BCUT2D eigenvalue weighted by molar-refractivity contribution is -0.385. The zero-order valence-electron chi connectivity index (χ0n) is 10.7. The van der Waals surface area contributed by atoms with Crippen LogP contribution in [0.2, 0.25) is 0 Å². The number of nitro groups is 1. The van der Waals surface area contributed by atoms with Gasteiger partial charge >= 0.3 is 0 Å². The van der Waals surface area contributed by atoms with Gasteiger partial charge < -0.3 is 10.2 Å². The van der Waals surface area contributed by atoms with Crippen LogP contribution in [0.25, 0.3) is 0 Å². The lowest BCUT2D eigenvalue weighted by atomic mass is 10.1. The normalized spacial score (nSPS) is 12.5. The monoisotopic (exact) mass is 237 g/mol. The molecule has 17 heavy (non-hydrogen) atoms. The van der Waals surface area contributed by atoms with Gasteiger partial charge in [0, 0.05) is 29.9 Å². The average Bonchev–Trinajstić information content (AvgIpc) is 2.19. The Labute approximate surface area is 102 Å². The molecule has 94 valence electrons. The van der Waals surface area contributed by atoms with Crippen molar-refractivity contribution in [1.29, 1.82) is 0 Å². The molecule has 0 aliphatic carbocycles. The van der Waals surface area contributed by atoms with Gasteiger partial charge in [0.15, 0.2) is 0 Å². The summed E-state index contributed by atoms with van der Waals surface area (Å²) in [6.07, 6.45) is 0. The Morgan fingerprint density at radius 3 is 2.65 bits per heavy atom. The average molecular weight is 237 g/mol. The largest absolute Gasteiger partial charge is 0.381 e. The molecule has 0 radical (unpaired) electrons. The number of hydrogen-bond acceptors (Lipinski definition) is 4. The van der Waals surface area contributed by atoms with E-state index in [2.05, 4.69) is 17.1 Å². The Hall–Kier alpha value is -1.62. The van der Waals surface area contributed by atoms with Crippen molar-refractivity contribution in [3.8, 4) is 0 Å². The maximum Gasteiger partial charge on any atom is 0.274 e. The fraction of sp³-hybridized carbons (Fsp3) is 0.500. The predicted molar refractivity (Wildman–Crippen MR) is 69.5 cm³/mol. The maximum absolute atomic E-state index is 10.8. The smallest absolute Gasteiger partial charge is 0.274 e. The number of rotatable bonds is 5. The zero-order valence-corrected chi connectivity index (χ0v) is 10.7. The lowest BCUT2D eigenvalue weighted by Gasteiger charge is -2.20. The Kier molecular flexibility index (Phi) is 4.45. The van der Waals surface area contributed by atoms with Crippen molar-refractivity contribution in [3.05, 3.63) is 33.9 Å². The first kappa shape index (κ1) is 13.4. The maximum atomic E-state index is 10.8. The number of nitro benzene ring substituents is 1. The SMILES string of the molecule is Cc1c(NC(C)CN(C)C)cccc1[N+](=O)[O-]. The van der Waals surface area contributed by atoms with Crippen molar-refractivity contribution >= 4 is 11.4 Å². The first-order valence-electron chi connectivity index (χ1n) is 5.57. The van der Waals surface area contributed by atoms with Gasteiger partial charge in [-0.25, -0.2) is 0 Å². The van der Waals surface area contributed by atoms with E-state index in [1.165, 1.54) is 6.07 Å². The van der Waals surface area contributed by atoms with E-state index in [4.69, 9.17) is 0 Å². The highest BCUT2D eigenvalue weighted by Gasteiger charge is 2.14. The number of nitrogens with zero attached hydrogens (tertiary/aromatic N) is 2. The highest BCUT2D eigenvalue weighted by molar-refractivity contribution is 5.60. The second kappa shape index (κ2) is 5.63. The Morgan fingerprint density at radius 1 is 1.47 bits per heavy atom. The first-order valence-corrected chi connectivity index (χ1v) is 5.57. The van der Waals surface area contributed by atoms with Crippen molar-refractivity contribution in [2.45, 2.75) is 19.9 Å².